The van der Waals surface area contributed by atoms with Crippen LogP contribution in [0.15, 0.2) is 48.5 Å². The van der Waals surface area contributed by atoms with Crippen molar-refractivity contribution in [3.63, 3.8) is 0 Å². The molecule has 0 fully saturated rings. The lowest BCUT2D eigenvalue weighted by molar-refractivity contribution is 0.0952. The molecule has 0 aliphatic carbocycles. The van der Waals surface area contributed by atoms with Gasteiger partial charge in [-0.05, 0) is 55.2 Å². The average Bonchev–Trinajstić information content (AvgIpc) is 3.02. The van der Waals surface area contributed by atoms with Crippen molar-refractivity contribution in [2.45, 2.75) is 39.8 Å². The quantitative estimate of drug-likeness (QED) is 0.444. The molecule has 0 spiro atoms. The third kappa shape index (κ3) is 5.77. The molecule has 3 aromatic rings. The molecule has 0 aliphatic heterocycles. The molecule has 5 nitrogen and oxygen atoms in total. The molecule has 0 bridgehead atoms. The Morgan fingerprint density at radius 1 is 1.13 bits per heavy atom. The van der Waals surface area contributed by atoms with Crippen molar-refractivity contribution in [3.05, 3.63) is 81.1 Å². The highest BCUT2D eigenvalue weighted by Crippen LogP contribution is 2.24. The Bertz CT molecular complexity index is 1000. The first kappa shape index (κ1) is 22.2. The molecule has 0 saturated carbocycles. The number of rotatable bonds is 9. The molecule has 0 radical (unpaired) electrons. The summed E-state index contributed by atoms with van der Waals surface area (Å²) < 4.78 is 7.48. The smallest absolute Gasteiger partial charge is 0.251 e. The van der Waals surface area contributed by atoms with Crippen molar-refractivity contribution >= 4 is 29.1 Å². The molecule has 1 amide bonds. The van der Waals surface area contributed by atoms with Crippen molar-refractivity contribution in [2.24, 2.45) is 0 Å². The second kappa shape index (κ2) is 10.5. The van der Waals surface area contributed by atoms with Crippen LogP contribution in [0.3, 0.4) is 0 Å². The van der Waals surface area contributed by atoms with E-state index < -0.39 is 0 Å². The van der Waals surface area contributed by atoms with Crippen LogP contribution in [0, 0.1) is 6.92 Å². The molecular weight excluding hydrogens is 421 g/mol. The van der Waals surface area contributed by atoms with Gasteiger partial charge in [-0.2, -0.15) is 5.10 Å². The monoisotopic (exact) mass is 445 g/mol. The molecule has 1 heterocycles. The van der Waals surface area contributed by atoms with Crippen molar-refractivity contribution in [1.82, 2.24) is 15.1 Å². The Hall–Kier alpha value is -2.50. The van der Waals surface area contributed by atoms with Crippen LogP contribution in [-0.2, 0) is 19.6 Å². The van der Waals surface area contributed by atoms with Crippen LogP contribution in [0.1, 0.15) is 40.5 Å². The highest BCUT2D eigenvalue weighted by atomic mass is 35.5. The van der Waals surface area contributed by atoms with Crippen LogP contribution in [0.5, 0.6) is 5.75 Å². The second-order valence-corrected chi connectivity index (χ2v) is 7.75. The van der Waals surface area contributed by atoms with Crippen LogP contribution in [-0.4, -0.2) is 22.2 Å². The average molecular weight is 446 g/mol. The van der Waals surface area contributed by atoms with Gasteiger partial charge in [-0.25, -0.2) is 0 Å². The van der Waals surface area contributed by atoms with Gasteiger partial charge in [0.15, 0.2) is 0 Å². The van der Waals surface area contributed by atoms with Crippen LogP contribution < -0.4 is 10.1 Å². The van der Waals surface area contributed by atoms with Crippen LogP contribution in [0.2, 0.25) is 10.2 Å². The first-order valence-corrected chi connectivity index (χ1v) is 10.7. The summed E-state index contributed by atoms with van der Waals surface area (Å²) in [4.78, 5) is 12.5. The van der Waals surface area contributed by atoms with E-state index >= 15 is 0 Å². The summed E-state index contributed by atoms with van der Waals surface area (Å²) in [5, 5.41) is 8.11. The third-order valence-electron chi connectivity index (χ3n) is 4.75. The van der Waals surface area contributed by atoms with Gasteiger partial charge in [-0.15, -0.1) is 0 Å². The zero-order valence-corrected chi connectivity index (χ0v) is 18.6. The van der Waals surface area contributed by atoms with E-state index in [2.05, 4.69) is 29.5 Å². The van der Waals surface area contributed by atoms with Gasteiger partial charge in [0.05, 0.1) is 5.69 Å². The maximum Gasteiger partial charge on any atom is 0.251 e. The van der Waals surface area contributed by atoms with Crippen LogP contribution >= 0.6 is 23.2 Å². The fourth-order valence-electron chi connectivity index (χ4n) is 3.00. The highest BCUT2D eigenvalue weighted by molar-refractivity contribution is 6.41. The van der Waals surface area contributed by atoms with Gasteiger partial charge < -0.3 is 10.1 Å². The van der Waals surface area contributed by atoms with Crippen molar-refractivity contribution in [1.29, 1.82) is 0 Å². The summed E-state index contributed by atoms with van der Waals surface area (Å²) in [7, 11) is 0. The molecule has 1 aromatic heterocycles. The predicted octanol–water partition coefficient (Wildman–Crippen LogP) is 5.46. The van der Waals surface area contributed by atoms with Crippen molar-refractivity contribution < 1.29 is 9.53 Å². The minimum Gasteiger partial charge on any atom is -0.489 e. The number of aryl methyl sites for hydroxylation is 3. The fraction of sp³-hybridized carbons (Fsp3) is 0.304. The Labute approximate surface area is 187 Å². The van der Waals surface area contributed by atoms with Crippen molar-refractivity contribution in [3.8, 4) is 5.75 Å². The molecule has 3 rings (SSSR count). The SMILES string of the molecule is CCc1ccc(OCc2cccc(C(=O)NCCCn3nc(C)c(Cl)c3Cl)c2)cc1. The standard InChI is InChI=1S/C23H25Cl2N3O2/c1-3-17-8-10-20(11-9-17)30-15-18-6-4-7-19(14-18)23(29)26-12-5-13-28-22(25)21(24)16(2)27-28/h4,6-11,14H,3,5,12-13,15H2,1-2H3,(H,26,29). The first-order chi connectivity index (χ1) is 14.5. The molecule has 0 aliphatic rings. The summed E-state index contributed by atoms with van der Waals surface area (Å²) in [6.45, 7) is 5.43. The normalized spacial score (nSPS) is 10.8. The van der Waals surface area contributed by atoms with E-state index in [1.54, 1.807) is 10.7 Å². The van der Waals surface area contributed by atoms with E-state index in [1.165, 1.54) is 5.56 Å². The lowest BCUT2D eigenvalue weighted by atomic mass is 10.1. The molecule has 158 valence electrons. The van der Waals surface area contributed by atoms with Crippen LogP contribution in [0.4, 0.5) is 0 Å². The number of halogens is 2. The van der Waals surface area contributed by atoms with E-state index in [1.807, 2.05) is 37.3 Å². The topological polar surface area (TPSA) is 56.1 Å². The number of nitrogens with one attached hydrogen (secondary N) is 1. The van der Waals surface area contributed by atoms with Crippen molar-refractivity contribution in [2.75, 3.05) is 6.54 Å². The minimum absolute atomic E-state index is 0.120. The third-order valence-corrected chi connectivity index (χ3v) is 5.69. The largest absolute Gasteiger partial charge is 0.489 e. The van der Waals surface area contributed by atoms with E-state index in [0.29, 0.717) is 47.6 Å². The van der Waals surface area contributed by atoms with Gasteiger partial charge in [0, 0.05) is 18.7 Å². The zero-order chi connectivity index (χ0) is 21.5. The van der Waals surface area contributed by atoms with Gasteiger partial charge in [-0.3, -0.25) is 9.48 Å². The Balaban J connectivity index is 1.48. The van der Waals surface area contributed by atoms with Gasteiger partial charge in [-0.1, -0.05) is 54.4 Å². The van der Waals surface area contributed by atoms with Gasteiger partial charge in [0.2, 0.25) is 0 Å². The lowest BCUT2D eigenvalue weighted by Crippen LogP contribution is -2.25. The van der Waals surface area contributed by atoms with Gasteiger partial charge in [0.25, 0.3) is 5.91 Å². The summed E-state index contributed by atoms with van der Waals surface area (Å²) in [5.41, 5.74) is 3.52. The maximum atomic E-state index is 12.5. The Kier molecular flexibility index (Phi) is 7.77. The number of carbonyl (C=O) groups excluding carboxylic acids is 1. The second-order valence-electron chi connectivity index (χ2n) is 7.01. The Morgan fingerprint density at radius 3 is 2.57 bits per heavy atom. The van der Waals surface area contributed by atoms with E-state index in [9.17, 15) is 4.79 Å². The fourth-order valence-corrected chi connectivity index (χ4v) is 3.40. The summed E-state index contributed by atoms with van der Waals surface area (Å²) in [6.07, 6.45) is 1.69. The molecule has 0 saturated heterocycles. The number of ether oxygens (including phenoxy) is 1. The predicted molar refractivity (Wildman–Crippen MR) is 121 cm³/mol. The van der Waals surface area contributed by atoms with E-state index in [-0.39, 0.29) is 5.91 Å². The molecular formula is C23H25Cl2N3O2. The summed E-state index contributed by atoms with van der Waals surface area (Å²) in [6, 6.07) is 15.5. The molecule has 7 heteroatoms. The molecule has 30 heavy (non-hydrogen) atoms. The molecule has 1 N–H and O–H groups in total. The number of aromatic nitrogens is 2. The number of benzene rings is 2. The van der Waals surface area contributed by atoms with E-state index in [4.69, 9.17) is 27.9 Å². The number of hydrogen-bond acceptors (Lipinski definition) is 3. The number of carbonyl (C=O) groups is 1. The number of nitrogens with zero attached hydrogens (tertiary/aromatic N) is 2. The summed E-state index contributed by atoms with van der Waals surface area (Å²) >= 11 is 12.2. The lowest BCUT2D eigenvalue weighted by Gasteiger charge is -2.09. The first-order valence-electron chi connectivity index (χ1n) is 9.95. The summed E-state index contributed by atoms with van der Waals surface area (Å²) in [5.74, 6) is 0.694. The molecule has 0 unspecified atom stereocenters. The number of hydrogen-bond donors (Lipinski definition) is 1. The highest BCUT2D eigenvalue weighted by Gasteiger charge is 2.11. The number of amides is 1. The van der Waals surface area contributed by atoms with Gasteiger partial charge >= 0.3 is 0 Å². The van der Waals surface area contributed by atoms with Crippen LogP contribution in [0.25, 0.3) is 0 Å². The van der Waals surface area contributed by atoms with Gasteiger partial charge in [0.1, 0.15) is 22.5 Å². The minimum atomic E-state index is -0.120. The Morgan fingerprint density at radius 2 is 1.90 bits per heavy atom. The molecule has 0 atom stereocenters. The molecule has 2 aromatic carbocycles. The zero-order valence-electron chi connectivity index (χ0n) is 17.1. The van der Waals surface area contributed by atoms with E-state index in [0.717, 1.165) is 17.7 Å². The maximum absolute atomic E-state index is 12.5.